The highest BCUT2D eigenvalue weighted by Gasteiger charge is 2.42. The first kappa shape index (κ1) is 10.8. The van der Waals surface area contributed by atoms with Gasteiger partial charge in [-0.1, -0.05) is 0 Å². The molecule has 4 heteroatoms. The molecule has 82 valence electrons. The van der Waals surface area contributed by atoms with Gasteiger partial charge in [0.05, 0.1) is 6.07 Å². The van der Waals surface area contributed by atoms with Crippen molar-refractivity contribution < 1.29 is 9.00 Å². The van der Waals surface area contributed by atoms with Crippen LogP contribution in [0.3, 0.4) is 0 Å². The maximum Gasteiger partial charge on any atom is 0.137 e. The number of ketones is 1. The average Bonchev–Trinajstić information content (AvgIpc) is 2.49. The summed E-state index contributed by atoms with van der Waals surface area (Å²) in [5, 5.41) is 8.95. The number of rotatable bonds is 3. The third-order valence-corrected chi connectivity index (χ3v) is 5.67. The molecule has 0 radical (unpaired) electrons. The number of carbonyl (C=O) groups excluding carboxylic acids is 1. The third-order valence-electron chi connectivity index (χ3n) is 3.50. The number of carbonyl (C=O) groups is 1. The van der Waals surface area contributed by atoms with E-state index in [-0.39, 0.29) is 22.2 Å². The molecule has 0 spiro atoms. The second-order valence-corrected chi connectivity index (χ2v) is 6.43. The van der Waals surface area contributed by atoms with Gasteiger partial charge in [-0.2, -0.15) is 5.26 Å². The summed E-state index contributed by atoms with van der Waals surface area (Å²) in [6.45, 7) is 0. The predicted molar refractivity (Wildman–Crippen MR) is 57.5 cm³/mol. The largest absolute Gasteiger partial charge is 0.299 e. The second-order valence-electron chi connectivity index (χ2n) is 4.44. The predicted octanol–water partition coefficient (Wildman–Crippen LogP) is 1.55. The lowest BCUT2D eigenvalue weighted by Crippen LogP contribution is -2.32. The summed E-state index contributed by atoms with van der Waals surface area (Å²) < 4.78 is 11.7. The number of nitriles is 1. The third kappa shape index (κ3) is 2.12. The fourth-order valence-electron chi connectivity index (χ4n) is 2.68. The highest BCUT2D eigenvalue weighted by Crippen LogP contribution is 2.39. The van der Waals surface area contributed by atoms with E-state index >= 15 is 0 Å². The van der Waals surface area contributed by atoms with Crippen LogP contribution in [0.15, 0.2) is 0 Å². The van der Waals surface area contributed by atoms with E-state index in [1.165, 1.54) is 0 Å². The van der Waals surface area contributed by atoms with Gasteiger partial charge in [-0.05, 0) is 25.7 Å². The molecule has 2 aliphatic rings. The lowest BCUT2D eigenvalue weighted by Gasteiger charge is -2.25. The molecule has 3 nitrogen and oxygen atoms in total. The molecule has 2 atom stereocenters. The Hall–Kier alpha value is -0.690. The fraction of sp³-hybridized carbons (Fsp3) is 0.818. The molecule has 0 aromatic carbocycles. The Balaban J connectivity index is 1.94. The number of Topliss-reactive ketones (excluding diaryl/α,β-unsaturated/α-hetero) is 1. The SMILES string of the molecule is N#CCCC(=O)C1CC2CCC(C1)S2=O. The molecule has 0 aromatic rings. The van der Waals surface area contributed by atoms with Crippen LogP contribution < -0.4 is 0 Å². The summed E-state index contributed by atoms with van der Waals surface area (Å²) in [4.78, 5) is 11.7. The molecule has 0 aliphatic carbocycles. The fourth-order valence-corrected chi connectivity index (χ4v) is 4.80. The Morgan fingerprint density at radius 3 is 2.47 bits per heavy atom. The topological polar surface area (TPSA) is 57.9 Å². The summed E-state index contributed by atoms with van der Waals surface area (Å²) in [6, 6.07) is 2.00. The molecule has 0 amide bonds. The average molecular weight is 225 g/mol. The molecular weight excluding hydrogens is 210 g/mol. The van der Waals surface area contributed by atoms with Crippen LogP contribution in [0.5, 0.6) is 0 Å². The molecule has 0 saturated carbocycles. The van der Waals surface area contributed by atoms with E-state index < -0.39 is 10.8 Å². The first-order chi connectivity index (χ1) is 7.22. The van der Waals surface area contributed by atoms with Crippen LogP contribution in [0.2, 0.25) is 0 Å². The Kier molecular flexibility index (Phi) is 3.20. The highest BCUT2D eigenvalue weighted by atomic mass is 32.2. The van der Waals surface area contributed by atoms with Crippen LogP contribution in [-0.2, 0) is 15.6 Å². The molecule has 2 saturated heterocycles. The Morgan fingerprint density at radius 1 is 1.33 bits per heavy atom. The lowest BCUT2D eigenvalue weighted by molar-refractivity contribution is -0.123. The number of fused-ring (bicyclic) bond motifs is 2. The van der Waals surface area contributed by atoms with Gasteiger partial charge in [0.1, 0.15) is 5.78 Å². The van der Waals surface area contributed by atoms with Gasteiger partial charge < -0.3 is 0 Å². The zero-order chi connectivity index (χ0) is 10.8. The van der Waals surface area contributed by atoms with Crippen molar-refractivity contribution in [3.8, 4) is 6.07 Å². The highest BCUT2D eigenvalue weighted by molar-refractivity contribution is 7.86. The molecule has 0 N–H and O–H groups in total. The van der Waals surface area contributed by atoms with Crippen molar-refractivity contribution in [1.82, 2.24) is 0 Å². The zero-order valence-corrected chi connectivity index (χ0v) is 9.46. The van der Waals surface area contributed by atoms with Gasteiger partial charge in [0.2, 0.25) is 0 Å². The molecule has 2 bridgehead atoms. The Bertz CT molecular complexity index is 318. The first-order valence-electron chi connectivity index (χ1n) is 5.51. The van der Waals surface area contributed by atoms with E-state index in [9.17, 15) is 9.00 Å². The van der Waals surface area contributed by atoms with E-state index in [2.05, 4.69) is 0 Å². The number of hydrogen-bond acceptors (Lipinski definition) is 3. The van der Waals surface area contributed by atoms with E-state index in [0.717, 1.165) is 25.7 Å². The van der Waals surface area contributed by atoms with Crippen LogP contribution in [0, 0.1) is 17.2 Å². The van der Waals surface area contributed by atoms with Crippen LogP contribution >= 0.6 is 0 Å². The van der Waals surface area contributed by atoms with Crippen molar-refractivity contribution in [2.45, 2.75) is 49.0 Å². The van der Waals surface area contributed by atoms with Crippen molar-refractivity contribution in [1.29, 1.82) is 5.26 Å². The van der Waals surface area contributed by atoms with Gasteiger partial charge in [-0.3, -0.25) is 9.00 Å². The van der Waals surface area contributed by atoms with Gasteiger partial charge in [0, 0.05) is 40.1 Å². The molecule has 2 heterocycles. The maximum atomic E-state index is 11.7. The van der Waals surface area contributed by atoms with Crippen molar-refractivity contribution in [2.24, 2.45) is 5.92 Å². The van der Waals surface area contributed by atoms with Crippen molar-refractivity contribution in [3.05, 3.63) is 0 Å². The summed E-state index contributed by atoms with van der Waals surface area (Å²) in [6.07, 6.45) is 4.36. The van der Waals surface area contributed by atoms with Gasteiger partial charge in [0.25, 0.3) is 0 Å². The molecule has 2 aliphatic heterocycles. The summed E-state index contributed by atoms with van der Waals surface area (Å²) in [7, 11) is -0.679. The molecule has 2 fully saturated rings. The van der Waals surface area contributed by atoms with Gasteiger partial charge in [0.15, 0.2) is 0 Å². The van der Waals surface area contributed by atoms with Crippen LogP contribution in [0.1, 0.15) is 38.5 Å². The molecule has 15 heavy (non-hydrogen) atoms. The second kappa shape index (κ2) is 4.44. The van der Waals surface area contributed by atoms with E-state index in [0.29, 0.717) is 12.8 Å². The van der Waals surface area contributed by atoms with E-state index in [4.69, 9.17) is 5.26 Å². The summed E-state index contributed by atoms with van der Waals surface area (Å²) in [5.74, 6) is 0.304. The van der Waals surface area contributed by atoms with Crippen molar-refractivity contribution in [3.63, 3.8) is 0 Å². The smallest absolute Gasteiger partial charge is 0.137 e. The minimum atomic E-state index is -0.679. The Labute approximate surface area is 92.3 Å². The standard InChI is InChI=1S/C11H15NO2S/c12-5-1-2-11(13)8-6-9-3-4-10(7-8)15(9)14/h8-10H,1-4,6-7H2. The molecule has 0 aromatic heterocycles. The molecular formula is C11H15NO2S. The van der Waals surface area contributed by atoms with Crippen molar-refractivity contribution in [2.75, 3.05) is 0 Å². The van der Waals surface area contributed by atoms with E-state index in [1.807, 2.05) is 6.07 Å². The van der Waals surface area contributed by atoms with E-state index in [1.54, 1.807) is 0 Å². The van der Waals surface area contributed by atoms with Crippen LogP contribution in [0.4, 0.5) is 0 Å². The lowest BCUT2D eigenvalue weighted by atomic mass is 9.92. The molecule has 2 unspecified atom stereocenters. The Morgan fingerprint density at radius 2 is 1.93 bits per heavy atom. The summed E-state index contributed by atoms with van der Waals surface area (Å²) >= 11 is 0. The summed E-state index contributed by atoms with van der Waals surface area (Å²) in [5.41, 5.74) is 0. The number of hydrogen-bond donors (Lipinski definition) is 0. The van der Waals surface area contributed by atoms with Gasteiger partial charge in [-0.15, -0.1) is 0 Å². The number of nitrogens with zero attached hydrogens (tertiary/aromatic N) is 1. The van der Waals surface area contributed by atoms with Crippen molar-refractivity contribution >= 4 is 16.6 Å². The first-order valence-corrected chi connectivity index (χ1v) is 6.79. The minimum absolute atomic E-state index is 0.0912. The maximum absolute atomic E-state index is 11.7. The molecule has 2 rings (SSSR count). The minimum Gasteiger partial charge on any atom is -0.299 e. The van der Waals surface area contributed by atoms with Gasteiger partial charge in [-0.25, -0.2) is 0 Å². The van der Waals surface area contributed by atoms with Crippen LogP contribution in [0.25, 0.3) is 0 Å². The zero-order valence-electron chi connectivity index (χ0n) is 8.65. The van der Waals surface area contributed by atoms with Gasteiger partial charge >= 0.3 is 0 Å². The monoisotopic (exact) mass is 225 g/mol. The van der Waals surface area contributed by atoms with Crippen LogP contribution in [-0.4, -0.2) is 20.5 Å². The normalized spacial score (nSPS) is 38.6. The quantitative estimate of drug-likeness (QED) is 0.732.